The van der Waals surface area contributed by atoms with Gasteiger partial charge < -0.3 is 9.67 Å². The molecule has 0 radical (unpaired) electrons. The molecule has 10 heteroatoms. The Hall–Kier alpha value is -3.56. The predicted molar refractivity (Wildman–Crippen MR) is 99.0 cm³/mol. The molecule has 2 amide bonds. The molecule has 1 aromatic heterocycles. The zero-order valence-corrected chi connectivity index (χ0v) is 14.8. The van der Waals surface area contributed by atoms with Crippen LogP contribution in [0.15, 0.2) is 42.5 Å². The molecule has 150 valence electrons. The number of fused-ring (bicyclic) bond motifs is 1. The van der Waals surface area contributed by atoms with E-state index in [-0.39, 0.29) is 17.6 Å². The van der Waals surface area contributed by atoms with Crippen LogP contribution in [0, 0.1) is 0 Å². The SMILES string of the molecule is O=C(O)Nc1ccc2c(c1)nc(NC(=O)c1cccc(C(F)(F)F)c1)n2C1CC1. The topological polar surface area (TPSA) is 96.2 Å². The highest BCUT2D eigenvalue weighted by atomic mass is 19.4. The first kappa shape index (κ1) is 18.8. The van der Waals surface area contributed by atoms with E-state index in [2.05, 4.69) is 15.6 Å². The van der Waals surface area contributed by atoms with Gasteiger partial charge in [0.25, 0.3) is 5.91 Å². The Morgan fingerprint density at radius 2 is 1.86 bits per heavy atom. The lowest BCUT2D eigenvalue weighted by Gasteiger charge is -2.11. The molecule has 0 aliphatic heterocycles. The molecular formula is C19H15F3N4O3. The second-order valence-corrected chi connectivity index (χ2v) is 6.70. The predicted octanol–water partition coefficient (Wildman–Crippen LogP) is 4.73. The van der Waals surface area contributed by atoms with Gasteiger partial charge >= 0.3 is 12.3 Å². The molecule has 29 heavy (non-hydrogen) atoms. The van der Waals surface area contributed by atoms with Gasteiger partial charge in [0.1, 0.15) is 0 Å². The Morgan fingerprint density at radius 1 is 1.10 bits per heavy atom. The summed E-state index contributed by atoms with van der Waals surface area (Å²) in [5.74, 6) is -0.505. The molecule has 3 aromatic rings. The number of hydrogen-bond acceptors (Lipinski definition) is 3. The fourth-order valence-corrected chi connectivity index (χ4v) is 3.10. The molecule has 0 atom stereocenters. The highest BCUT2D eigenvalue weighted by Crippen LogP contribution is 2.40. The van der Waals surface area contributed by atoms with Crippen LogP contribution in [0.25, 0.3) is 11.0 Å². The highest BCUT2D eigenvalue weighted by Gasteiger charge is 2.32. The number of halogens is 3. The summed E-state index contributed by atoms with van der Waals surface area (Å²) in [6.45, 7) is 0. The van der Waals surface area contributed by atoms with Gasteiger partial charge in [-0.05, 0) is 49.2 Å². The molecule has 0 saturated heterocycles. The summed E-state index contributed by atoms with van der Waals surface area (Å²) in [5.41, 5.74) is 0.430. The standard InChI is InChI=1S/C19H15F3N4O3/c20-19(21,22)11-3-1-2-10(8-11)16(27)25-17-24-14-9-12(23-18(28)29)4-7-15(14)26(17)13-5-6-13/h1-4,7-9,13,23H,5-6H2,(H,28,29)(H,24,25,27). The number of benzene rings is 2. The van der Waals surface area contributed by atoms with E-state index in [1.807, 2.05) is 4.57 Å². The monoisotopic (exact) mass is 404 g/mol. The number of anilines is 2. The van der Waals surface area contributed by atoms with E-state index in [9.17, 15) is 22.8 Å². The number of carbonyl (C=O) groups is 2. The Labute approximate surface area is 162 Å². The van der Waals surface area contributed by atoms with Gasteiger partial charge in [-0.2, -0.15) is 13.2 Å². The van der Waals surface area contributed by atoms with Crippen molar-refractivity contribution in [3.05, 3.63) is 53.6 Å². The summed E-state index contributed by atoms with van der Waals surface area (Å²) in [6, 6.07) is 9.07. The van der Waals surface area contributed by atoms with Crippen molar-refractivity contribution >= 4 is 34.7 Å². The van der Waals surface area contributed by atoms with Gasteiger partial charge in [0.05, 0.1) is 16.6 Å². The van der Waals surface area contributed by atoms with Crippen LogP contribution in [-0.4, -0.2) is 26.7 Å². The summed E-state index contributed by atoms with van der Waals surface area (Å²) >= 11 is 0. The molecule has 0 bridgehead atoms. The second kappa shape index (κ2) is 6.80. The van der Waals surface area contributed by atoms with E-state index in [1.165, 1.54) is 18.2 Å². The van der Waals surface area contributed by atoms with Crippen LogP contribution >= 0.6 is 0 Å². The number of carboxylic acid groups (broad SMARTS) is 1. The molecule has 1 fully saturated rings. The minimum atomic E-state index is -4.55. The maximum atomic E-state index is 12.9. The van der Waals surface area contributed by atoms with Crippen LogP contribution in [0.4, 0.5) is 29.6 Å². The number of rotatable bonds is 4. The van der Waals surface area contributed by atoms with E-state index >= 15 is 0 Å². The fraction of sp³-hybridized carbons (Fsp3) is 0.211. The van der Waals surface area contributed by atoms with Gasteiger partial charge in [-0.3, -0.25) is 15.4 Å². The van der Waals surface area contributed by atoms with Crippen LogP contribution in [-0.2, 0) is 6.18 Å². The van der Waals surface area contributed by atoms with Gasteiger partial charge in [0, 0.05) is 17.3 Å². The molecule has 7 nitrogen and oxygen atoms in total. The molecule has 1 heterocycles. The number of hydrogen-bond donors (Lipinski definition) is 3. The van der Waals surface area contributed by atoms with E-state index in [4.69, 9.17) is 5.11 Å². The minimum absolute atomic E-state index is 0.120. The summed E-state index contributed by atoms with van der Waals surface area (Å²) in [6.07, 6.45) is -4.01. The lowest BCUT2D eigenvalue weighted by Crippen LogP contribution is -2.17. The molecule has 1 saturated carbocycles. The number of amides is 2. The first-order valence-corrected chi connectivity index (χ1v) is 8.73. The second-order valence-electron chi connectivity index (χ2n) is 6.70. The number of nitrogens with zero attached hydrogens (tertiary/aromatic N) is 2. The average Bonchev–Trinajstić information content (AvgIpc) is 3.42. The van der Waals surface area contributed by atoms with Gasteiger partial charge in [-0.1, -0.05) is 6.07 Å². The van der Waals surface area contributed by atoms with Crippen LogP contribution < -0.4 is 10.6 Å². The maximum absolute atomic E-state index is 12.9. The van der Waals surface area contributed by atoms with Crippen molar-refractivity contribution in [3.8, 4) is 0 Å². The Kier molecular flexibility index (Phi) is 4.40. The van der Waals surface area contributed by atoms with Gasteiger partial charge in [0.2, 0.25) is 5.95 Å². The molecule has 1 aliphatic carbocycles. The normalized spacial score (nSPS) is 14.0. The Morgan fingerprint density at radius 3 is 2.52 bits per heavy atom. The maximum Gasteiger partial charge on any atom is 0.416 e. The van der Waals surface area contributed by atoms with Crippen molar-refractivity contribution in [1.29, 1.82) is 0 Å². The lowest BCUT2D eigenvalue weighted by molar-refractivity contribution is -0.137. The summed E-state index contributed by atoms with van der Waals surface area (Å²) in [5, 5.41) is 13.7. The third kappa shape index (κ3) is 3.86. The summed E-state index contributed by atoms with van der Waals surface area (Å²) in [7, 11) is 0. The van der Waals surface area contributed by atoms with E-state index in [0.29, 0.717) is 16.7 Å². The van der Waals surface area contributed by atoms with Crippen LogP contribution in [0.2, 0.25) is 0 Å². The number of aromatic nitrogens is 2. The van der Waals surface area contributed by atoms with E-state index in [0.717, 1.165) is 25.0 Å². The van der Waals surface area contributed by atoms with E-state index in [1.54, 1.807) is 12.1 Å². The summed E-state index contributed by atoms with van der Waals surface area (Å²) < 4.78 is 40.5. The smallest absolute Gasteiger partial charge is 0.416 e. The van der Waals surface area contributed by atoms with Crippen molar-refractivity contribution in [2.45, 2.75) is 25.1 Å². The molecule has 0 unspecified atom stereocenters. The van der Waals surface area contributed by atoms with Gasteiger partial charge in [-0.15, -0.1) is 0 Å². The Bertz CT molecular complexity index is 1120. The van der Waals surface area contributed by atoms with Crippen molar-refractivity contribution in [2.75, 3.05) is 10.6 Å². The molecular weight excluding hydrogens is 389 g/mol. The van der Waals surface area contributed by atoms with Crippen molar-refractivity contribution in [1.82, 2.24) is 9.55 Å². The number of alkyl halides is 3. The largest absolute Gasteiger partial charge is 0.465 e. The molecule has 3 N–H and O–H groups in total. The number of nitrogens with one attached hydrogen (secondary N) is 2. The average molecular weight is 404 g/mol. The first-order valence-electron chi connectivity index (χ1n) is 8.73. The molecule has 4 rings (SSSR count). The van der Waals surface area contributed by atoms with Crippen molar-refractivity contribution in [3.63, 3.8) is 0 Å². The molecule has 2 aromatic carbocycles. The van der Waals surface area contributed by atoms with Crippen LogP contribution in [0.3, 0.4) is 0 Å². The van der Waals surface area contributed by atoms with Crippen LogP contribution in [0.5, 0.6) is 0 Å². The van der Waals surface area contributed by atoms with E-state index < -0.39 is 23.7 Å². The van der Waals surface area contributed by atoms with Gasteiger partial charge in [0.15, 0.2) is 0 Å². The first-order chi connectivity index (χ1) is 13.7. The molecule has 0 spiro atoms. The third-order valence-corrected chi connectivity index (χ3v) is 4.53. The number of carbonyl (C=O) groups excluding carboxylic acids is 1. The Balaban J connectivity index is 1.67. The lowest BCUT2D eigenvalue weighted by atomic mass is 10.1. The van der Waals surface area contributed by atoms with Gasteiger partial charge in [-0.25, -0.2) is 9.78 Å². The van der Waals surface area contributed by atoms with Crippen molar-refractivity contribution < 1.29 is 27.9 Å². The zero-order chi connectivity index (χ0) is 20.8. The number of imidazole rings is 1. The van der Waals surface area contributed by atoms with Crippen molar-refractivity contribution in [2.24, 2.45) is 0 Å². The highest BCUT2D eigenvalue weighted by molar-refractivity contribution is 6.04. The molecule has 1 aliphatic rings. The fourth-order valence-electron chi connectivity index (χ4n) is 3.10. The summed E-state index contributed by atoms with van der Waals surface area (Å²) in [4.78, 5) is 27.7. The third-order valence-electron chi connectivity index (χ3n) is 4.53. The quantitative estimate of drug-likeness (QED) is 0.586. The zero-order valence-electron chi connectivity index (χ0n) is 14.8. The minimum Gasteiger partial charge on any atom is -0.465 e. The van der Waals surface area contributed by atoms with Crippen LogP contribution in [0.1, 0.15) is 34.8 Å².